The Morgan fingerprint density at radius 3 is 2.57 bits per heavy atom. The highest BCUT2D eigenvalue weighted by molar-refractivity contribution is 7.88. The summed E-state index contributed by atoms with van der Waals surface area (Å²) < 4.78 is 62.7. The summed E-state index contributed by atoms with van der Waals surface area (Å²) in [7, 11) is -3.27. The predicted molar refractivity (Wildman–Crippen MR) is 83.8 cm³/mol. The van der Waals surface area contributed by atoms with Gasteiger partial charge in [0.25, 0.3) is 0 Å². The number of sulfonamides is 1. The molecule has 0 aromatic heterocycles. The molecular weight excluding hydrogens is 333 g/mol. The maximum atomic E-state index is 12.8. The van der Waals surface area contributed by atoms with Crippen LogP contribution in [0.4, 0.5) is 13.2 Å². The van der Waals surface area contributed by atoms with E-state index < -0.39 is 22.1 Å². The zero-order valence-corrected chi connectivity index (χ0v) is 14.2. The second-order valence-electron chi connectivity index (χ2n) is 5.67. The van der Waals surface area contributed by atoms with Crippen LogP contribution in [0.5, 0.6) is 0 Å². The molecule has 1 rings (SSSR count). The highest BCUT2D eigenvalue weighted by atomic mass is 32.2. The Hall–Kier alpha value is -1.03. The van der Waals surface area contributed by atoms with E-state index in [0.717, 1.165) is 6.26 Å². The monoisotopic (exact) mass is 358 g/mol. The zero-order chi connectivity index (χ0) is 17.5. The van der Waals surface area contributed by atoms with Gasteiger partial charge in [0.05, 0.1) is 18.7 Å². The Balaban J connectivity index is 2.54. The largest absolute Gasteiger partial charge is 0.391 e. The van der Waals surface area contributed by atoms with Crippen molar-refractivity contribution >= 4 is 16.0 Å². The quantitative estimate of drug-likeness (QED) is 0.379. The number of alkyl halides is 3. The lowest BCUT2D eigenvalue weighted by Gasteiger charge is -2.31. The number of hydrogen-bond acceptors (Lipinski definition) is 3. The first-order valence-electron chi connectivity index (χ1n) is 7.68. The molecule has 1 fully saturated rings. The second-order valence-corrected chi connectivity index (χ2v) is 7.51. The average molecular weight is 358 g/mol. The molecule has 0 heterocycles. The van der Waals surface area contributed by atoms with Crippen molar-refractivity contribution in [1.82, 2.24) is 15.4 Å². The number of nitrogens with one attached hydrogen (secondary N) is 3. The molecule has 6 nitrogen and oxygen atoms in total. The van der Waals surface area contributed by atoms with E-state index in [1.54, 1.807) is 0 Å². The minimum absolute atomic E-state index is 0.0372. The van der Waals surface area contributed by atoms with Crippen LogP contribution in [-0.4, -0.2) is 52.5 Å². The fraction of sp³-hybridized carbons (Fsp3) is 0.923. The summed E-state index contributed by atoms with van der Waals surface area (Å²) in [5.74, 6) is -0.862. The SMILES string of the molecule is CCNC(=NCCNS(C)(=O)=O)NC1CCCC(C(F)(F)F)C1. The Morgan fingerprint density at radius 1 is 1.30 bits per heavy atom. The van der Waals surface area contributed by atoms with Gasteiger partial charge in [-0.3, -0.25) is 4.99 Å². The molecule has 136 valence electrons. The van der Waals surface area contributed by atoms with Gasteiger partial charge in [0.15, 0.2) is 5.96 Å². The van der Waals surface area contributed by atoms with Gasteiger partial charge in [-0.1, -0.05) is 6.42 Å². The third kappa shape index (κ3) is 8.40. The smallest absolute Gasteiger partial charge is 0.357 e. The molecule has 2 unspecified atom stereocenters. The number of guanidine groups is 1. The van der Waals surface area contributed by atoms with Gasteiger partial charge in [0.2, 0.25) is 10.0 Å². The van der Waals surface area contributed by atoms with Gasteiger partial charge < -0.3 is 10.6 Å². The van der Waals surface area contributed by atoms with Crippen LogP contribution in [0.3, 0.4) is 0 Å². The molecule has 23 heavy (non-hydrogen) atoms. The Labute approximate surface area is 135 Å². The maximum absolute atomic E-state index is 12.8. The third-order valence-corrected chi connectivity index (χ3v) is 4.30. The summed E-state index contributed by atoms with van der Waals surface area (Å²) in [5.41, 5.74) is 0. The minimum atomic E-state index is -4.16. The number of aliphatic imine (C=N–C) groups is 1. The van der Waals surface area contributed by atoms with Crippen LogP contribution in [0.15, 0.2) is 4.99 Å². The van der Waals surface area contributed by atoms with E-state index in [9.17, 15) is 21.6 Å². The number of halogens is 3. The van der Waals surface area contributed by atoms with Crippen LogP contribution in [-0.2, 0) is 10.0 Å². The summed E-state index contributed by atoms with van der Waals surface area (Å²) in [4.78, 5) is 4.18. The van der Waals surface area contributed by atoms with Crippen molar-refractivity contribution in [3.8, 4) is 0 Å². The lowest BCUT2D eigenvalue weighted by Crippen LogP contribution is -2.47. The van der Waals surface area contributed by atoms with Crippen LogP contribution in [0, 0.1) is 5.92 Å². The van der Waals surface area contributed by atoms with Crippen molar-refractivity contribution in [2.24, 2.45) is 10.9 Å². The lowest BCUT2D eigenvalue weighted by atomic mass is 9.85. The summed E-state index contributed by atoms with van der Waals surface area (Å²) in [6.45, 7) is 2.77. The van der Waals surface area contributed by atoms with Crippen molar-refractivity contribution < 1.29 is 21.6 Å². The maximum Gasteiger partial charge on any atom is 0.391 e. The zero-order valence-electron chi connectivity index (χ0n) is 13.4. The molecule has 1 saturated carbocycles. The molecule has 1 aliphatic carbocycles. The molecule has 10 heteroatoms. The highest BCUT2D eigenvalue weighted by Gasteiger charge is 2.42. The van der Waals surface area contributed by atoms with Gasteiger partial charge >= 0.3 is 6.18 Å². The topological polar surface area (TPSA) is 82.6 Å². The van der Waals surface area contributed by atoms with E-state index in [0.29, 0.717) is 25.3 Å². The third-order valence-electron chi connectivity index (χ3n) is 3.57. The average Bonchev–Trinajstić information content (AvgIpc) is 2.42. The normalized spacial score (nSPS) is 23.6. The first-order chi connectivity index (χ1) is 10.6. The van der Waals surface area contributed by atoms with Crippen LogP contribution in [0.2, 0.25) is 0 Å². The molecule has 0 saturated heterocycles. The summed E-state index contributed by atoms with van der Waals surface area (Å²) in [6.07, 6.45) is -1.70. The lowest BCUT2D eigenvalue weighted by molar-refractivity contribution is -0.183. The molecule has 0 aromatic carbocycles. The molecular formula is C13H25F3N4O2S. The molecule has 0 radical (unpaired) electrons. The Kier molecular flexibility index (Phi) is 7.59. The van der Waals surface area contributed by atoms with Crippen molar-refractivity contribution in [3.05, 3.63) is 0 Å². The van der Waals surface area contributed by atoms with E-state index in [4.69, 9.17) is 0 Å². The minimum Gasteiger partial charge on any atom is -0.357 e. The fourth-order valence-electron chi connectivity index (χ4n) is 2.53. The van der Waals surface area contributed by atoms with Crippen molar-refractivity contribution in [3.63, 3.8) is 0 Å². The molecule has 0 aliphatic heterocycles. The Morgan fingerprint density at radius 2 is 2.00 bits per heavy atom. The van der Waals surface area contributed by atoms with Gasteiger partial charge in [0.1, 0.15) is 0 Å². The van der Waals surface area contributed by atoms with E-state index >= 15 is 0 Å². The second kappa shape index (κ2) is 8.72. The van der Waals surface area contributed by atoms with E-state index in [1.807, 2.05) is 6.92 Å². The summed E-state index contributed by atoms with van der Waals surface area (Å²) in [5, 5.41) is 5.98. The molecule has 0 bridgehead atoms. The fourth-order valence-corrected chi connectivity index (χ4v) is 2.99. The first-order valence-corrected chi connectivity index (χ1v) is 9.57. The van der Waals surface area contributed by atoms with Gasteiger partial charge in [-0.25, -0.2) is 13.1 Å². The van der Waals surface area contributed by atoms with Gasteiger partial charge in [-0.15, -0.1) is 0 Å². The van der Waals surface area contributed by atoms with Gasteiger partial charge in [-0.2, -0.15) is 13.2 Å². The van der Waals surface area contributed by atoms with Crippen LogP contribution in [0.1, 0.15) is 32.6 Å². The summed E-state index contributed by atoms with van der Waals surface area (Å²) in [6, 6.07) is -0.281. The highest BCUT2D eigenvalue weighted by Crippen LogP contribution is 2.37. The van der Waals surface area contributed by atoms with Crippen LogP contribution >= 0.6 is 0 Å². The van der Waals surface area contributed by atoms with Gasteiger partial charge in [0, 0.05) is 19.1 Å². The molecule has 0 aromatic rings. The number of rotatable bonds is 6. The molecule has 1 aliphatic rings. The van der Waals surface area contributed by atoms with Crippen molar-refractivity contribution in [2.75, 3.05) is 25.9 Å². The van der Waals surface area contributed by atoms with E-state index in [-0.39, 0.29) is 32.0 Å². The molecule has 0 spiro atoms. The van der Waals surface area contributed by atoms with Gasteiger partial charge in [-0.05, 0) is 26.2 Å². The molecule has 2 atom stereocenters. The van der Waals surface area contributed by atoms with Crippen LogP contribution in [0.25, 0.3) is 0 Å². The number of nitrogens with zero attached hydrogens (tertiary/aromatic N) is 1. The molecule has 3 N–H and O–H groups in total. The first kappa shape index (κ1) is 20.0. The van der Waals surface area contributed by atoms with E-state index in [1.165, 1.54) is 0 Å². The van der Waals surface area contributed by atoms with Crippen molar-refractivity contribution in [1.29, 1.82) is 0 Å². The predicted octanol–water partition coefficient (Wildman–Crippen LogP) is 1.21. The van der Waals surface area contributed by atoms with Crippen molar-refractivity contribution in [2.45, 2.75) is 44.8 Å². The summed E-state index contributed by atoms with van der Waals surface area (Å²) >= 11 is 0. The molecule has 0 amide bonds. The standard InChI is InChI=1S/C13H25F3N4O2S/c1-3-17-12(18-7-8-19-23(2,21)22)20-11-6-4-5-10(9-11)13(14,15)16/h10-11,19H,3-9H2,1-2H3,(H2,17,18,20). The van der Waals surface area contributed by atoms with Crippen LogP contribution < -0.4 is 15.4 Å². The Bertz CT molecular complexity index is 494. The number of hydrogen-bond donors (Lipinski definition) is 3. The van der Waals surface area contributed by atoms with E-state index in [2.05, 4.69) is 20.3 Å².